The normalized spacial score (nSPS) is 22.0. The largest absolute Gasteiger partial charge is 0.455 e. The fourth-order valence-electron chi connectivity index (χ4n) is 8.58. The Balaban J connectivity index is 0.773. The summed E-state index contributed by atoms with van der Waals surface area (Å²) in [6.07, 6.45) is 1.87. The van der Waals surface area contributed by atoms with Crippen LogP contribution in [-0.2, 0) is 16.1 Å². The van der Waals surface area contributed by atoms with Gasteiger partial charge < -0.3 is 30.2 Å². The lowest BCUT2D eigenvalue weighted by Gasteiger charge is -2.39. The van der Waals surface area contributed by atoms with Gasteiger partial charge in [-0.1, -0.05) is 0 Å². The van der Waals surface area contributed by atoms with Crippen molar-refractivity contribution in [3.05, 3.63) is 76.8 Å². The molecule has 3 fully saturated rings. The zero-order valence-electron chi connectivity index (χ0n) is 32.0. The van der Waals surface area contributed by atoms with Crippen LogP contribution in [0.15, 0.2) is 47.1 Å². The summed E-state index contributed by atoms with van der Waals surface area (Å²) in [5, 5.41) is 9.57. The molecular formula is C40H42F5N9O5. The minimum absolute atomic E-state index is 0.0370. The summed E-state index contributed by atoms with van der Waals surface area (Å²) in [6.45, 7) is 6.05. The summed E-state index contributed by atoms with van der Waals surface area (Å²) in [4.78, 5) is 64.6. The van der Waals surface area contributed by atoms with Crippen LogP contribution in [0.4, 0.5) is 44.1 Å². The maximum Gasteiger partial charge on any atom is 0.416 e. The molecule has 2 saturated heterocycles. The molecule has 8 rings (SSSR count). The molecule has 1 aliphatic carbocycles. The lowest BCUT2D eigenvalue weighted by molar-refractivity contribution is -0.158. The maximum atomic E-state index is 14.2. The molecule has 0 spiro atoms. The highest BCUT2D eigenvalue weighted by atomic mass is 19.4. The van der Waals surface area contributed by atoms with Gasteiger partial charge in [-0.25, -0.2) is 23.5 Å². The van der Waals surface area contributed by atoms with Crippen molar-refractivity contribution in [2.24, 2.45) is 5.92 Å². The van der Waals surface area contributed by atoms with Gasteiger partial charge in [0.2, 0.25) is 17.8 Å². The van der Waals surface area contributed by atoms with Crippen LogP contribution in [0.3, 0.4) is 0 Å². The van der Waals surface area contributed by atoms with Crippen molar-refractivity contribution >= 4 is 52.0 Å². The number of piperazine rings is 1. The summed E-state index contributed by atoms with van der Waals surface area (Å²) in [5.74, 6) is -2.98. The van der Waals surface area contributed by atoms with Gasteiger partial charge in [-0.2, -0.15) is 13.2 Å². The molecule has 2 atom stereocenters. The van der Waals surface area contributed by atoms with Crippen LogP contribution in [0, 0.1) is 24.5 Å². The van der Waals surface area contributed by atoms with Crippen LogP contribution in [0.1, 0.15) is 71.8 Å². The van der Waals surface area contributed by atoms with Crippen LogP contribution >= 0.6 is 0 Å². The number of rotatable bonds is 9. The molecule has 19 heteroatoms. The summed E-state index contributed by atoms with van der Waals surface area (Å²) in [7, 11) is 0. The van der Waals surface area contributed by atoms with E-state index >= 15 is 0 Å². The minimum Gasteiger partial charge on any atom is -0.455 e. The maximum absolute atomic E-state index is 14.2. The van der Waals surface area contributed by atoms with Gasteiger partial charge in [0.1, 0.15) is 17.6 Å². The number of fused-ring (bicyclic) bond motifs is 2. The van der Waals surface area contributed by atoms with Gasteiger partial charge in [0, 0.05) is 80.0 Å². The number of aryl methyl sites for hydroxylation is 1. The van der Waals surface area contributed by atoms with Crippen LogP contribution in [0.5, 0.6) is 0 Å². The number of carbonyl (C=O) groups excluding carboxylic acids is 4. The predicted octanol–water partition coefficient (Wildman–Crippen LogP) is 5.79. The number of furan rings is 1. The van der Waals surface area contributed by atoms with E-state index in [9.17, 15) is 41.1 Å². The summed E-state index contributed by atoms with van der Waals surface area (Å²) >= 11 is 0. The van der Waals surface area contributed by atoms with E-state index < -0.39 is 53.2 Å². The van der Waals surface area contributed by atoms with Gasteiger partial charge in [-0.05, 0) is 74.8 Å². The first-order valence-electron chi connectivity index (χ1n) is 19.6. The zero-order valence-corrected chi connectivity index (χ0v) is 32.0. The van der Waals surface area contributed by atoms with Gasteiger partial charge in [0.15, 0.2) is 17.4 Å². The number of urea groups is 1. The second-order valence-electron chi connectivity index (χ2n) is 15.6. The van der Waals surface area contributed by atoms with Crippen molar-refractivity contribution in [1.29, 1.82) is 0 Å². The topological polar surface area (TPSA) is 165 Å². The number of hydrogen-bond donors (Lipinski definition) is 4. The number of nitrogens with one attached hydrogen (secondary N) is 4. The first-order chi connectivity index (χ1) is 28.2. The molecule has 3 aliphatic heterocycles. The van der Waals surface area contributed by atoms with Crippen molar-refractivity contribution in [2.75, 3.05) is 48.3 Å². The van der Waals surface area contributed by atoms with Gasteiger partial charge in [0.25, 0.3) is 5.91 Å². The average Bonchev–Trinajstić information content (AvgIpc) is 3.70. The molecule has 0 bridgehead atoms. The van der Waals surface area contributed by atoms with E-state index in [4.69, 9.17) is 4.42 Å². The van der Waals surface area contributed by atoms with Gasteiger partial charge in [-0.15, -0.1) is 0 Å². The highest BCUT2D eigenvalue weighted by Gasteiger charge is 2.46. The van der Waals surface area contributed by atoms with Crippen LogP contribution in [-0.4, -0.2) is 94.5 Å². The fourth-order valence-corrected chi connectivity index (χ4v) is 8.58. The standard InChI is InChI=1S/C40H42F5N9O5/c1-21-29-15-24(41)16-30(42)34(29)59-33(21)35(40(43,44)45)51-39(58)49-26-17-46-38(47-18-26)48-25-4-2-22(3-5-25)19-52-10-12-53(13-11-52)27-6-7-28-23(14-27)20-54(37(28)57)31-8-9-32(55)50-36(31)56/h6-7,14-18,22,25,31,35H,2-5,8-13,19-20H2,1H3,(H,46,47,48)(H2,49,51,58)(H,50,55,56)/t22?,25?,31?,35-/m1/s1. The predicted molar refractivity (Wildman–Crippen MR) is 204 cm³/mol. The number of aromatic nitrogens is 2. The highest BCUT2D eigenvalue weighted by Crippen LogP contribution is 2.39. The molecule has 4 aromatic rings. The fraction of sp³-hybridized carbons (Fsp3) is 0.450. The molecule has 4 aliphatic rings. The lowest BCUT2D eigenvalue weighted by atomic mass is 9.85. The number of piperidine rings is 1. The number of benzene rings is 2. The second kappa shape index (κ2) is 16.1. The number of hydrogen-bond acceptors (Lipinski definition) is 10. The Hall–Kier alpha value is -5.85. The molecule has 312 valence electrons. The number of nitrogens with zero attached hydrogens (tertiary/aromatic N) is 5. The molecular weight excluding hydrogens is 781 g/mol. The molecule has 14 nitrogen and oxygen atoms in total. The van der Waals surface area contributed by atoms with E-state index in [1.165, 1.54) is 19.3 Å². The Morgan fingerprint density at radius 2 is 1.71 bits per heavy atom. The van der Waals surface area contributed by atoms with Gasteiger partial charge in [0.05, 0.1) is 18.1 Å². The lowest BCUT2D eigenvalue weighted by Crippen LogP contribution is -2.52. The van der Waals surface area contributed by atoms with Crippen molar-refractivity contribution in [3.8, 4) is 0 Å². The third kappa shape index (κ3) is 8.51. The molecule has 1 saturated carbocycles. The molecule has 4 N–H and O–H groups in total. The zero-order chi connectivity index (χ0) is 41.6. The van der Waals surface area contributed by atoms with E-state index in [2.05, 4.69) is 35.7 Å². The first-order valence-corrected chi connectivity index (χ1v) is 19.6. The number of amides is 5. The third-order valence-corrected chi connectivity index (χ3v) is 11.7. The van der Waals surface area contributed by atoms with E-state index in [1.807, 2.05) is 23.5 Å². The second-order valence-corrected chi connectivity index (χ2v) is 15.6. The number of imide groups is 1. The van der Waals surface area contributed by atoms with E-state index in [0.717, 1.165) is 75.7 Å². The Kier molecular flexibility index (Phi) is 10.9. The number of halogens is 5. The van der Waals surface area contributed by atoms with E-state index in [0.29, 0.717) is 36.5 Å². The molecule has 2 aromatic carbocycles. The Morgan fingerprint density at radius 3 is 2.41 bits per heavy atom. The molecule has 5 amide bonds. The number of carbonyl (C=O) groups is 4. The van der Waals surface area contributed by atoms with Crippen molar-refractivity contribution in [3.63, 3.8) is 0 Å². The van der Waals surface area contributed by atoms with Crippen LogP contribution < -0.4 is 26.2 Å². The van der Waals surface area contributed by atoms with Crippen LogP contribution in [0.2, 0.25) is 0 Å². The average molecular weight is 824 g/mol. The van der Waals surface area contributed by atoms with Crippen LogP contribution in [0.25, 0.3) is 11.0 Å². The van der Waals surface area contributed by atoms with Crippen molar-refractivity contribution < 1.29 is 45.5 Å². The Bertz CT molecular complexity index is 2270. The summed E-state index contributed by atoms with van der Waals surface area (Å²) in [6, 6.07) is 2.82. The molecule has 0 radical (unpaired) electrons. The number of anilines is 3. The third-order valence-electron chi connectivity index (χ3n) is 11.7. The molecule has 5 heterocycles. The molecule has 1 unspecified atom stereocenters. The van der Waals surface area contributed by atoms with Crippen molar-refractivity contribution in [1.82, 2.24) is 30.4 Å². The first kappa shape index (κ1) is 40.0. The van der Waals surface area contributed by atoms with Gasteiger partial charge in [-0.3, -0.25) is 24.6 Å². The highest BCUT2D eigenvalue weighted by molar-refractivity contribution is 6.05. The quantitative estimate of drug-likeness (QED) is 0.120. The number of alkyl halides is 3. The van der Waals surface area contributed by atoms with E-state index in [1.54, 1.807) is 4.90 Å². The smallest absolute Gasteiger partial charge is 0.416 e. The summed E-state index contributed by atoms with van der Waals surface area (Å²) in [5.41, 5.74) is 1.86. The Morgan fingerprint density at radius 1 is 0.983 bits per heavy atom. The Labute approximate surface area is 334 Å². The molecule has 2 aromatic heterocycles. The van der Waals surface area contributed by atoms with Gasteiger partial charge >= 0.3 is 12.2 Å². The SMILES string of the molecule is Cc1c([C@@H](NC(=O)Nc2cnc(NC3CCC(CN4CCN(c5ccc6c(c5)CN(C5CCC(=O)NC5=O)C6=O)CC4)CC3)nc2)C(F)(F)F)oc2c(F)cc(F)cc12. The minimum atomic E-state index is -5.02. The monoisotopic (exact) mass is 823 g/mol. The summed E-state index contributed by atoms with van der Waals surface area (Å²) < 4.78 is 75.3. The van der Waals surface area contributed by atoms with E-state index in [-0.39, 0.29) is 40.9 Å². The van der Waals surface area contributed by atoms with Crippen molar-refractivity contribution in [2.45, 2.75) is 76.3 Å². The molecule has 59 heavy (non-hydrogen) atoms.